The summed E-state index contributed by atoms with van der Waals surface area (Å²) in [7, 11) is 0. The molecule has 3 N–H and O–H groups in total. The molecule has 6 nitrogen and oxygen atoms in total. The van der Waals surface area contributed by atoms with Gasteiger partial charge in [-0.15, -0.1) is 0 Å². The third kappa shape index (κ3) is 4.19. The Morgan fingerprint density at radius 1 is 1.21 bits per heavy atom. The van der Waals surface area contributed by atoms with Crippen LogP contribution >= 0.6 is 0 Å². The Morgan fingerprint density at radius 3 is 2.64 bits per heavy atom. The number of carbonyl (C=O) groups is 2. The van der Waals surface area contributed by atoms with Gasteiger partial charge in [-0.2, -0.15) is 13.2 Å². The van der Waals surface area contributed by atoms with Crippen LogP contribution in [0.15, 0.2) is 42.5 Å². The summed E-state index contributed by atoms with van der Waals surface area (Å²) in [6.07, 6.45) is -5.18. The summed E-state index contributed by atoms with van der Waals surface area (Å²) in [5.41, 5.74) is -0.279. The minimum absolute atomic E-state index is 0.292. The number of halogens is 3. The van der Waals surface area contributed by atoms with Gasteiger partial charge in [0.15, 0.2) is 6.10 Å². The number of rotatable bonds is 4. The first-order valence-electron chi connectivity index (χ1n) is 8.50. The minimum Gasteiger partial charge on any atom is -0.479 e. The van der Waals surface area contributed by atoms with Gasteiger partial charge in [0.05, 0.1) is 16.9 Å². The maximum Gasteiger partial charge on any atom is 0.418 e. The fourth-order valence-corrected chi connectivity index (χ4v) is 2.69. The molecule has 148 valence electrons. The minimum atomic E-state index is -4.58. The first-order chi connectivity index (χ1) is 13.1. The van der Waals surface area contributed by atoms with Crippen molar-refractivity contribution >= 4 is 28.9 Å². The highest BCUT2D eigenvalue weighted by Crippen LogP contribution is 2.35. The number of nitrogens with one attached hydrogen (secondary N) is 3. The number of anilines is 3. The van der Waals surface area contributed by atoms with E-state index in [2.05, 4.69) is 16.0 Å². The van der Waals surface area contributed by atoms with Crippen LogP contribution < -0.4 is 20.7 Å². The van der Waals surface area contributed by atoms with E-state index >= 15 is 0 Å². The summed E-state index contributed by atoms with van der Waals surface area (Å²) < 4.78 is 44.6. The second-order valence-corrected chi connectivity index (χ2v) is 6.36. The molecule has 2 atom stereocenters. The van der Waals surface area contributed by atoms with Gasteiger partial charge >= 0.3 is 6.18 Å². The Labute approximate surface area is 159 Å². The Kier molecular flexibility index (Phi) is 5.17. The van der Waals surface area contributed by atoms with Crippen LogP contribution in [0.4, 0.5) is 30.2 Å². The van der Waals surface area contributed by atoms with E-state index in [1.807, 2.05) is 0 Å². The highest BCUT2D eigenvalue weighted by Gasteiger charge is 2.34. The van der Waals surface area contributed by atoms with Gasteiger partial charge < -0.3 is 20.7 Å². The standard InChI is InChI=1S/C19H18F3N3O3/c1-10(17(26)24-14-6-4-3-5-13(14)19(20,21)22)23-12-7-8-16-15(9-12)25-18(27)11(2)28-16/h3-11,23H,1-2H3,(H,24,26)(H,25,27). The van der Waals surface area contributed by atoms with Crippen molar-refractivity contribution < 1.29 is 27.5 Å². The number of benzene rings is 2. The van der Waals surface area contributed by atoms with E-state index in [0.29, 0.717) is 17.1 Å². The van der Waals surface area contributed by atoms with E-state index in [0.717, 1.165) is 6.07 Å². The Morgan fingerprint density at radius 2 is 1.93 bits per heavy atom. The van der Waals surface area contributed by atoms with E-state index in [1.54, 1.807) is 25.1 Å². The van der Waals surface area contributed by atoms with Gasteiger partial charge in [0.1, 0.15) is 11.8 Å². The topological polar surface area (TPSA) is 79.5 Å². The molecule has 2 amide bonds. The van der Waals surface area contributed by atoms with Crippen LogP contribution in [0.5, 0.6) is 5.75 Å². The molecule has 0 saturated heterocycles. The van der Waals surface area contributed by atoms with Crippen molar-refractivity contribution in [2.75, 3.05) is 16.0 Å². The third-order valence-corrected chi connectivity index (χ3v) is 4.18. The molecule has 0 spiro atoms. The van der Waals surface area contributed by atoms with Gasteiger partial charge in [-0.3, -0.25) is 9.59 Å². The largest absolute Gasteiger partial charge is 0.479 e. The van der Waals surface area contributed by atoms with E-state index in [4.69, 9.17) is 4.74 Å². The van der Waals surface area contributed by atoms with Crippen molar-refractivity contribution in [3.8, 4) is 5.75 Å². The van der Waals surface area contributed by atoms with E-state index in [-0.39, 0.29) is 11.6 Å². The van der Waals surface area contributed by atoms with Gasteiger partial charge in [0, 0.05) is 5.69 Å². The molecule has 1 aliphatic heterocycles. The molecule has 2 unspecified atom stereocenters. The van der Waals surface area contributed by atoms with Crippen molar-refractivity contribution in [2.45, 2.75) is 32.2 Å². The first-order valence-corrected chi connectivity index (χ1v) is 8.50. The number of carbonyl (C=O) groups excluding carboxylic acids is 2. The first kappa shape index (κ1) is 19.5. The van der Waals surface area contributed by atoms with Gasteiger partial charge in [-0.25, -0.2) is 0 Å². The number of ether oxygens (including phenoxy) is 1. The van der Waals surface area contributed by atoms with Crippen molar-refractivity contribution in [3.63, 3.8) is 0 Å². The Bertz CT molecular complexity index is 915. The van der Waals surface area contributed by atoms with Crippen LogP contribution in [0.25, 0.3) is 0 Å². The highest BCUT2D eigenvalue weighted by atomic mass is 19.4. The number of para-hydroxylation sites is 1. The summed E-state index contributed by atoms with van der Waals surface area (Å²) in [6, 6.07) is 8.81. The predicted molar refractivity (Wildman–Crippen MR) is 98.3 cm³/mol. The molecular weight excluding hydrogens is 375 g/mol. The fraction of sp³-hybridized carbons (Fsp3) is 0.263. The van der Waals surface area contributed by atoms with Crippen LogP contribution in [-0.4, -0.2) is 24.0 Å². The lowest BCUT2D eigenvalue weighted by molar-refractivity contribution is -0.137. The van der Waals surface area contributed by atoms with Gasteiger partial charge in [-0.05, 0) is 44.2 Å². The quantitative estimate of drug-likeness (QED) is 0.737. The van der Waals surface area contributed by atoms with Crippen LogP contribution in [0.1, 0.15) is 19.4 Å². The zero-order valence-electron chi connectivity index (χ0n) is 15.1. The number of hydrogen-bond acceptors (Lipinski definition) is 4. The molecule has 0 bridgehead atoms. The van der Waals surface area contributed by atoms with Crippen LogP contribution in [0.3, 0.4) is 0 Å². The normalized spacial score (nSPS) is 17.0. The molecule has 3 rings (SSSR count). The van der Waals surface area contributed by atoms with E-state index < -0.39 is 29.8 Å². The molecule has 0 fully saturated rings. The zero-order chi connectivity index (χ0) is 20.5. The number of fused-ring (bicyclic) bond motifs is 1. The predicted octanol–water partition coefficient (Wildman–Crippen LogP) is 3.86. The molecule has 0 saturated carbocycles. The third-order valence-electron chi connectivity index (χ3n) is 4.18. The summed E-state index contributed by atoms with van der Waals surface area (Å²) in [4.78, 5) is 24.0. The van der Waals surface area contributed by atoms with E-state index in [9.17, 15) is 22.8 Å². The van der Waals surface area contributed by atoms with Gasteiger partial charge in [0.25, 0.3) is 5.91 Å². The second-order valence-electron chi connectivity index (χ2n) is 6.36. The molecular formula is C19H18F3N3O3. The Balaban J connectivity index is 1.71. The summed E-state index contributed by atoms with van der Waals surface area (Å²) in [5.74, 6) is -0.434. The van der Waals surface area contributed by atoms with Crippen molar-refractivity contribution in [1.82, 2.24) is 0 Å². The summed E-state index contributed by atoms with van der Waals surface area (Å²) >= 11 is 0. The number of alkyl halides is 3. The lowest BCUT2D eigenvalue weighted by Crippen LogP contribution is -2.35. The Hall–Kier alpha value is -3.23. The van der Waals surface area contributed by atoms with Crippen LogP contribution in [0.2, 0.25) is 0 Å². The molecule has 1 aliphatic rings. The molecule has 0 aromatic heterocycles. The summed E-state index contributed by atoms with van der Waals surface area (Å²) in [5, 5.41) is 7.88. The second kappa shape index (κ2) is 7.41. The smallest absolute Gasteiger partial charge is 0.418 e. The monoisotopic (exact) mass is 393 g/mol. The van der Waals surface area contributed by atoms with Gasteiger partial charge in [-0.1, -0.05) is 12.1 Å². The number of amides is 2. The van der Waals surface area contributed by atoms with Crippen molar-refractivity contribution in [3.05, 3.63) is 48.0 Å². The molecule has 2 aromatic rings. The molecule has 1 heterocycles. The van der Waals surface area contributed by atoms with Crippen LogP contribution in [0, 0.1) is 0 Å². The highest BCUT2D eigenvalue weighted by molar-refractivity contribution is 5.99. The van der Waals surface area contributed by atoms with Crippen molar-refractivity contribution in [2.24, 2.45) is 0 Å². The molecule has 9 heteroatoms. The summed E-state index contributed by atoms with van der Waals surface area (Å²) in [6.45, 7) is 3.14. The average Bonchev–Trinajstić information content (AvgIpc) is 2.62. The maximum atomic E-state index is 13.1. The molecule has 0 aliphatic carbocycles. The average molecular weight is 393 g/mol. The van der Waals surface area contributed by atoms with Crippen LogP contribution in [-0.2, 0) is 15.8 Å². The molecule has 2 aromatic carbocycles. The van der Waals surface area contributed by atoms with Gasteiger partial charge in [0.2, 0.25) is 5.91 Å². The van der Waals surface area contributed by atoms with E-state index in [1.165, 1.54) is 25.1 Å². The zero-order valence-corrected chi connectivity index (χ0v) is 15.1. The fourth-order valence-electron chi connectivity index (χ4n) is 2.69. The SMILES string of the molecule is CC(Nc1ccc2c(c1)NC(=O)C(C)O2)C(=O)Nc1ccccc1C(F)(F)F. The lowest BCUT2D eigenvalue weighted by Gasteiger charge is -2.24. The maximum absolute atomic E-state index is 13.1. The van der Waals surface area contributed by atoms with Crippen molar-refractivity contribution in [1.29, 1.82) is 0 Å². The lowest BCUT2D eigenvalue weighted by atomic mass is 10.1. The molecule has 28 heavy (non-hydrogen) atoms. The molecule has 0 radical (unpaired) electrons. The number of hydrogen-bond donors (Lipinski definition) is 3.